The van der Waals surface area contributed by atoms with Crippen LogP contribution >= 0.6 is 0 Å². The van der Waals surface area contributed by atoms with Gasteiger partial charge in [0, 0.05) is 6.20 Å². The van der Waals surface area contributed by atoms with Crippen LogP contribution in [-0.4, -0.2) is 4.98 Å². The van der Waals surface area contributed by atoms with Crippen LogP contribution in [-0.2, 0) is 0 Å². The molecule has 1 aliphatic rings. The fourth-order valence-electron chi connectivity index (χ4n) is 1.70. The number of allylic oxidation sites excluding steroid dienone is 3. The van der Waals surface area contributed by atoms with Crippen LogP contribution in [0.15, 0.2) is 42.6 Å². The Kier molecular flexibility index (Phi) is 3.12. The molecule has 1 aromatic rings. The molecule has 1 heterocycles. The highest BCUT2D eigenvalue weighted by Gasteiger charge is 2.03. The first-order chi connectivity index (χ1) is 6.95. The smallest absolute Gasteiger partial charge is 0.0626 e. The van der Waals surface area contributed by atoms with Crippen LogP contribution in [0.25, 0.3) is 6.08 Å². The Morgan fingerprint density at radius 3 is 3.07 bits per heavy atom. The molecule has 0 saturated carbocycles. The van der Waals surface area contributed by atoms with E-state index in [-0.39, 0.29) is 0 Å². The van der Waals surface area contributed by atoms with Crippen LogP contribution in [0.5, 0.6) is 0 Å². The van der Waals surface area contributed by atoms with Gasteiger partial charge >= 0.3 is 0 Å². The Bertz CT molecular complexity index is 324. The highest BCUT2D eigenvalue weighted by Crippen LogP contribution is 2.18. The zero-order valence-corrected chi connectivity index (χ0v) is 8.26. The number of hydrogen-bond donors (Lipinski definition) is 0. The van der Waals surface area contributed by atoms with Gasteiger partial charge in [-0.1, -0.05) is 24.3 Å². The molecule has 0 aromatic carbocycles. The summed E-state index contributed by atoms with van der Waals surface area (Å²) in [4.78, 5) is 4.25. The van der Waals surface area contributed by atoms with E-state index in [1.54, 1.807) is 0 Å². The van der Waals surface area contributed by atoms with E-state index in [1.165, 1.54) is 19.3 Å². The first-order valence-electron chi connectivity index (χ1n) is 5.21. The lowest BCUT2D eigenvalue weighted by atomic mass is 9.95. The third-order valence-corrected chi connectivity index (χ3v) is 2.49. The summed E-state index contributed by atoms with van der Waals surface area (Å²) in [5.41, 5.74) is 1.05. The lowest BCUT2D eigenvalue weighted by Crippen LogP contribution is -1.96. The molecule has 1 heteroatoms. The molecule has 0 bridgehead atoms. The molecule has 0 N–H and O–H groups in total. The lowest BCUT2D eigenvalue weighted by Gasteiger charge is -2.10. The quantitative estimate of drug-likeness (QED) is 0.643. The van der Waals surface area contributed by atoms with Crippen molar-refractivity contribution in [3.63, 3.8) is 0 Å². The SMILES string of the molecule is C1=CC(C=Cc2ccccn2)CCC1. The summed E-state index contributed by atoms with van der Waals surface area (Å²) in [6, 6.07) is 5.99. The van der Waals surface area contributed by atoms with Gasteiger partial charge in [0.2, 0.25) is 0 Å². The summed E-state index contributed by atoms with van der Waals surface area (Å²) < 4.78 is 0. The second-order valence-electron chi connectivity index (χ2n) is 3.64. The standard InChI is InChI=1S/C13H15N/c1-2-6-12(7-3-1)9-10-13-8-4-5-11-14-13/h2,4-6,8-12H,1,3,7H2. The Hall–Kier alpha value is -1.37. The summed E-state index contributed by atoms with van der Waals surface area (Å²) in [6.07, 6.45) is 14.6. The van der Waals surface area contributed by atoms with Gasteiger partial charge in [-0.05, 0) is 43.4 Å². The third-order valence-electron chi connectivity index (χ3n) is 2.49. The molecule has 0 aliphatic heterocycles. The summed E-state index contributed by atoms with van der Waals surface area (Å²) in [6.45, 7) is 0. The summed E-state index contributed by atoms with van der Waals surface area (Å²) in [5.74, 6) is 0.616. The van der Waals surface area contributed by atoms with E-state index in [0.29, 0.717) is 5.92 Å². The van der Waals surface area contributed by atoms with E-state index in [0.717, 1.165) is 5.69 Å². The maximum atomic E-state index is 4.25. The summed E-state index contributed by atoms with van der Waals surface area (Å²) >= 11 is 0. The zero-order chi connectivity index (χ0) is 9.64. The van der Waals surface area contributed by atoms with Crippen molar-refractivity contribution in [1.82, 2.24) is 4.98 Å². The Morgan fingerprint density at radius 2 is 2.36 bits per heavy atom. The number of rotatable bonds is 2. The van der Waals surface area contributed by atoms with E-state index < -0.39 is 0 Å². The van der Waals surface area contributed by atoms with Crippen molar-refractivity contribution in [3.8, 4) is 0 Å². The topological polar surface area (TPSA) is 12.9 Å². The molecule has 0 saturated heterocycles. The normalized spacial score (nSPS) is 21.6. The van der Waals surface area contributed by atoms with Crippen LogP contribution in [0.1, 0.15) is 25.0 Å². The van der Waals surface area contributed by atoms with Crippen LogP contribution in [0, 0.1) is 5.92 Å². The highest BCUT2D eigenvalue weighted by molar-refractivity contribution is 5.44. The van der Waals surface area contributed by atoms with Crippen molar-refractivity contribution in [2.45, 2.75) is 19.3 Å². The molecule has 0 radical (unpaired) electrons. The zero-order valence-electron chi connectivity index (χ0n) is 8.26. The van der Waals surface area contributed by atoms with Gasteiger partial charge in [0.1, 0.15) is 0 Å². The molecule has 0 spiro atoms. The first kappa shape index (κ1) is 9.20. The van der Waals surface area contributed by atoms with Gasteiger partial charge in [-0.2, -0.15) is 0 Å². The molecule has 1 nitrogen and oxygen atoms in total. The molecule has 0 amide bonds. The van der Waals surface area contributed by atoms with Gasteiger partial charge in [-0.3, -0.25) is 4.98 Å². The minimum Gasteiger partial charge on any atom is -0.257 e. The molecule has 1 atom stereocenters. The third kappa shape index (κ3) is 2.56. The molecule has 2 rings (SSSR count). The number of nitrogens with zero attached hydrogens (tertiary/aromatic N) is 1. The van der Waals surface area contributed by atoms with Crippen LogP contribution in [0.3, 0.4) is 0 Å². The van der Waals surface area contributed by atoms with Crippen LogP contribution < -0.4 is 0 Å². The number of aromatic nitrogens is 1. The lowest BCUT2D eigenvalue weighted by molar-refractivity contribution is 0.632. The number of pyridine rings is 1. The van der Waals surface area contributed by atoms with E-state index in [4.69, 9.17) is 0 Å². The predicted molar refractivity (Wildman–Crippen MR) is 59.8 cm³/mol. The van der Waals surface area contributed by atoms with Gasteiger partial charge in [-0.25, -0.2) is 0 Å². The van der Waals surface area contributed by atoms with E-state index in [1.807, 2.05) is 24.4 Å². The molecule has 0 fully saturated rings. The van der Waals surface area contributed by atoms with Crippen LogP contribution in [0.4, 0.5) is 0 Å². The highest BCUT2D eigenvalue weighted by atomic mass is 14.6. The predicted octanol–water partition coefficient (Wildman–Crippen LogP) is 3.45. The molecular formula is C13H15N. The fraction of sp³-hybridized carbons (Fsp3) is 0.308. The Balaban J connectivity index is 1.99. The van der Waals surface area contributed by atoms with E-state index in [9.17, 15) is 0 Å². The van der Waals surface area contributed by atoms with Gasteiger partial charge < -0.3 is 0 Å². The summed E-state index contributed by atoms with van der Waals surface area (Å²) in [7, 11) is 0. The average Bonchev–Trinajstić information content (AvgIpc) is 2.29. The maximum absolute atomic E-state index is 4.25. The summed E-state index contributed by atoms with van der Waals surface area (Å²) in [5, 5.41) is 0. The molecule has 14 heavy (non-hydrogen) atoms. The molecule has 1 aliphatic carbocycles. The first-order valence-corrected chi connectivity index (χ1v) is 5.21. The molecule has 72 valence electrons. The number of hydrogen-bond acceptors (Lipinski definition) is 1. The van der Waals surface area contributed by atoms with Crippen molar-refractivity contribution in [2.75, 3.05) is 0 Å². The maximum Gasteiger partial charge on any atom is 0.0626 e. The molecular weight excluding hydrogens is 170 g/mol. The van der Waals surface area contributed by atoms with Gasteiger partial charge in [0.15, 0.2) is 0 Å². The van der Waals surface area contributed by atoms with E-state index >= 15 is 0 Å². The van der Waals surface area contributed by atoms with Crippen molar-refractivity contribution in [2.24, 2.45) is 5.92 Å². The van der Waals surface area contributed by atoms with Crippen molar-refractivity contribution < 1.29 is 0 Å². The van der Waals surface area contributed by atoms with E-state index in [2.05, 4.69) is 29.3 Å². The minimum atomic E-state index is 0.616. The van der Waals surface area contributed by atoms with Gasteiger partial charge in [0.25, 0.3) is 0 Å². The second-order valence-corrected chi connectivity index (χ2v) is 3.64. The second kappa shape index (κ2) is 4.75. The Labute approximate surface area is 85.2 Å². The monoisotopic (exact) mass is 185 g/mol. The van der Waals surface area contributed by atoms with Crippen molar-refractivity contribution >= 4 is 6.08 Å². The van der Waals surface area contributed by atoms with Gasteiger partial charge in [0.05, 0.1) is 5.69 Å². The molecule has 1 aromatic heterocycles. The fourth-order valence-corrected chi connectivity index (χ4v) is 1.70. The van der Waals surface area contributed by atoms with Crippen molar-refractivity contribution in [3.05, 3.63) is 48.3 Å². The van der Waals surface area contributed by atoms with Gasteiger partial charge in [-0.15, -0.1) is 0 Å². The van der Waals surface area contributed by atoms with Crippen LogP contribution in [0.2, 0.25) is 0 Å². The average molecular weight is 185 g/mol. The molecule has 1 unspecified atom stereocenters. The van der Waals surface area contributed by atoms with Crippen molar-refractivity contribution in [1.29, 1.82) is 0 Å². The minimum absolute atomic E-state index is 0.616. The largest absolute Gasteiger partial charge is 0.257 e. The Morgan fingerprint density at radius 1 is 1.36 bits per heavy atom.